The number of nitrogens with two attached hydrogens (primary N) is 1. The molecule has 0 radical (unpaired) electrons. The molecular formula is C57H73N9O11S. The summed E-state index contributed by atoms with van der Waals surface area (Å²) in [6.45, 7) is 2.08. The molecule has 0 saturated carbocycles. The number of carbonyl (C=O) groups is 7. The lowest BCUT2D eigenvalue weighted by atomic mass is 9.92. The standard InChI is InChI=1S/C57H73N9O11S/c58-43(29-39-19-21-42(67)22-20-39)57(75)66-34-41-16-8-7-15-40(41)32-48(66)56(74)65-45(31-38-13-5-2-6-14-38)55(73)63-44(30-37-11-3-1-4-12-37)54(72)64-46(33-51(69)70)53(71)60-24-26-77-28-27-76-25-23-59-50(68)18-10-9-17-49-52-47(35-78-49)61-36-62-52/h1-8,11-16,19-22,43-49,52,61-62,67H,9-10,17-18,23-36,58H2,(H,59,68)(H,60,71)(H,63,73)(H,64,72)(H,65,74)(H,69,70)/t43-,44-,45-,46-,47?,48-,49?,52?/m0/s1. The number of rotatable bonds is 30. The molecule has 0 bridgehead atoms. The number of benzene rings is 4. The first-order valence-corrected chi connectivity index (χ1v) is 27.8. The second kappa shape index (κ2) is 30.3. The predicted molar refractivity (Wildman–Crippen MR) is 294 cm³/mol. The van der Waals surface area contributed by atoms with Gasteiger partial charge < -0.3 is 56.9 Å². The maximum Gasteiger partial charge on any atom is 0.305 e. The number of carbonyl (C=O) groups excluding carboxylic acids is 6. The highest BCUT2D eigenvalue weighted by Crippen LogP contribution is 2.33. The van der Waals surface area contributed by atoms with Crippen molar-refractivity contribution in [3.8, 4) is 5.75 Å². The van der Waals surface area contributed by atoms with Crippen LogP contribution in [0.25, 0.3) is 0 Å². The molecule has 3 aliphatic rings. The van der Waals surface area contributed by atoms with Crippen LogP contribution in [0.2, 0.25) is 0 Å². The summed E-state index contributed by atoms with van der Waals surface area (Å²) in [5.41, 5.74) is 10.2. The molecule has 20 nitrogen and oxygen atoms in total. The zero-order chi connectivity index (χ0) is 55.2. The third kappa shape index (κ3) is 18.1. The fourth-order valence-corrected chi connectivity index (χ4v) is 11.5. The van der Waals surface area contributed by atoms with Crippen LogP contribution in [0.3, 0.4) is 0 Å². The number of aromatic hydroxyl groups is 1. The van der Waals surface area contributed by atoms with Crippen molar-refractivity contribution >= 4 is 53.2 Å². The van der Waals surface area contributed by atoms with Crippen LogP contribution in [0.4, 0.5) is 0 Å². The molecular weight excluding hydrogens is 1020 g/mol. The quantitative estimate of drug-likeness (QED) is 0.0331. The van der Waals surface area contributed by atoms with Gasteiger partial charge in [-0.1, -0.05) is 103 Å². The molecule has 11 N–H and O–H groups in total. The molecule has 3 unspecified atom stereocenters. The number of aliphatic carboxylic acids is 1. The first-order valence-electron chi connectivity index (χ1n) is 26.7. The van der Waals surface area contributed by atoms with Crippen LogP contribution in [0, 0.1) is 0 Å². The minimum atomic E-state index is -1.54. The van der Waals surface area contributed by atoms with Crippen LogP contribution in [0.15, 0.2) is 109 Å². The fraction of sp³-hybridized carbons (Fsp3) is 0.456. The number of carboxylic acid groups (broad SMARTS) is 1. The molecule has 4 aromatic carbocycles. The van der Waals surface area contributed by atoms with Gasteiger partial charge in [0.25, 0.3) is 0 Å². The maximum absolute atomic E-state index is 14.6. The van der Waals surface area contributed by atoms with Gasteiger partial charge in [-0.25, -0.2) is 0 Å². The molecule has 0 aromatic heterocycles. The normalized spacial score (nSPS) is 19.0. The molecule has 2 saturated heterocycles. The van der Waals surface area contributed by atoms with E-state index in [9.17, 15) is 43.8 Å². The largest absolute Gasteiger partial charge is 0.508 e. The number of nitrogens with one attached hydrogen (secondary N) is 7. The van der Waals surface area contributed by atoms with E-state index in [1.165, 1.54) is 17.0 Å². The van der Waals surface area contributed by atoms with E-state index in [0.717, 1.165) is 42.8 Å². The van der Waals surface area contributed by atoms with Gasteiger partial charge in [-0.2, -0.15) is 11.8 Å². The van der Waals surface area contributed by atoms with Crippen molar-refractivity contribution in [2.24, 2.45) is 5.73 Å². The average molecular weight is 1090 g/mol. The Morgan fingerprint density at radius 1 is 0.667 bits per heavy atom. The Morgan fingerprint density at radius 3 is 1.91 bits per heavy atom. The summed E-state index contributed by atoms with van der Waals surface area (Å²) < 4.78 is 11.2. The van der Waals surface area contributed by atoms with Crippen LogP contribution in [-0.4, -0.2) is 156 Å². The Bertz CT molecular complexity index is 2620. The summed E-state index contributed by atoms with van der Waals surface area (Å²) in [5, 5.41) is 40.9. The summed E-state index contributed by atoms with van der Waals surface area (Å²) in [4.78, 5) is 96.9. The number of phenolic OH excluding ortho intramolecular Hbond substituents is 1. The van der Waals surface area contributed by atoms with Gasteiger partial charge in [-0.15, -0.1) is 0 Å². The van der Waals surface area contributed by atoms with Gasteiger partial charge in [0.15, 0.2) is 0 Å². The number of amides is 6. The van der Waals surface area contributed by atoms with E-state index in [1.807, 2.05) is 36.0 Å². The number of thioether (sulfide) groups is 1. The Kier molecular flexibility index (Phi) is 22.9. The van der Waals surface area contributed by atoms with E-state index in [1.54, 1.807) is 72.8 Å². The molecule has 21 heteroatoms. The molecule has 4 aromatic rings. The molecule has 8 atom stereocenters. The minimum absolute atomic E-state index is 0.0102. The van der Waals surface area contributed by atoms with E-state index in [0.29, 0.717) is 53.6 Å². The van der Waals surface area contributed by atoms with Gasteiger partial charge in [0.05, 0.1) is 38.9 Å². The van der Waals surface area contributed by atoms with Crippen LogP contribution in [0.5, 0.6) is 5.75 Å². The van der Waals surface area contributed by atoms with Crippen molar-refractivity contribution in [2.75, 3.05) is 51.9 Å². The lowest BCUT2D eigenvalue weighted by Gasteiger charge is -2.38. The lowest BCUT2D eigenvalue weighted by molar-refractivity contribution is -0.144. The molecule has 7 rings (SSSR count). The number of ether oxygens (including phenoxy) is 2. The van der Waals surface area contributed by atoms with Crippen molar-refractivity contribution in [1.29, 1.82) is 0 Å². The number of hydrogen-bond acceptors (Lipinski definition) is 14. The van der Waals surface area contributed by atoms with Crippen LogP contribution in [0.1, 0.15) is 59.9 Å². The Hall–Kier alpha value is -6.88. The third-order valence-corrected chi connectivity index (χ3v) is 15.5. The zero-order valence-electron chi connectivity index (χ0n) is 43.7. The highest BCUT2D eigenvalue weighted by atomic mass is 32.2. The number of nitrogens with zero attached hydrogens (tertiary/aromatic N) is 1. The van der Waals surface area contributed by atoms with Crippen molar-refractivity contribution in [1.82, 2.24) is 42.1 Å². The Labute approximate surface area is 459 Å². The fourth-order valence-electron chi connectivity index (χ4n) is 9.89. The number of fused-ring (bicyclic) bond motifs is 2. The van der Waals surface area contributed by atoms with Gasteiger partial charge in [0, 0.05) is 75.1 Å². The summed E-state index contributed by atoms with van der Waals surface area (Å²) in [6.07, 6.45) is 2.82. The van der Waals surface area contributed by atoms with E-state index >= 15 is 0 Å². The van der Waals surface area contributed by atoms with Crippen molar-refractivity contribution in [3.63, 3.8) is 0 Å². The lowest BCUT2D eigenvalue weighted by Crippen LogP contribution is -2.61. The molecule has 6 amide bonds. The van der Waals surface area contributed by atoms with Gasteiger partial charge in [-0.05, 0) is 59.2 Å². The summed E-state index contributed by atoms with van der Waals surface area (Å²) in [7, 11) is 0. The first kappa shape index (κ1) is 58.8. The first-order chi connectivity index (χ1) is 37.8. The minimum Gasteiger partial charge on any atom is -0.508 e. The smallest absolute Gasteiger partial charge is 0.305 e. The second-order valence-corrected chi connectivity index (χ2v) is 21.1. The summed E-state index contributed by atoms with van der Waals surface area (Å²) in [5.74, 6) is -3.67. The average Bonchev–Trinajstić information content (AvgIpc) is 4.08. The topological polar surface area (TPSA) is 292 Å². The van der Waals surface area contributed by atoms with Crippen LogP contribution in [-0.2, 0) is 75.3 Å². The van der Waals surface area contributed by atoms with E-state index in [2.05, 4.69) is 37.2 Å². The molecule has 418 valence electrons. The number of carboxylic acids is 1. The molecule has 78 heavy (non-hydrogen) atoms. The van der Waals surface area contributed by atoms with Crippen molar-refractivity contribution in [2.45, 2.75) is 112 Å². The van der Waals surface area contributed by atoms with E-state index in [-0.39, 0.29) is 70.3 Å². The third-order valence-electron chi connectivity index (χ3n) is 14.0. The molecule has 0 aliphatic carbocycles. The number of unbranched alkanes of at least 4 members (excludes halogenated alkanes) is 1. The molecule has 0 spiro atoms. The predicted octanol–water partition coefficient (Wildman–Crippen LogP) is 1.46. The van der Waals surface area contributed by atoms with Crippen LogP contribution >= 0.6 is 11.8 Å². The SMILES string of the molecule is N[C@@H](Cc1ccc(O)cc1)C(=O)N1Cc2ccccc2C[C@H]1C(=O)N[C@@H](Cc1ccccc1)C(=O)N[C@@H](Cc1ccccc1)C(=O)N[C@@H](CC(=O)O)C(=O)NCCOCCOCCNC(=O)CCCCC1SCC2NCNC21. The maximum atomic E-state index is 14.6. The highest BCUT2D eigenvalue weighted by Gasteiger charge is 2.40. The number of hydrogen-bond donors (Lipinski definition) is 10. The van der Waals surface area contributed by atoms with Crippen molar-refractivity contribution in [3.05, 3.63) is 137 Å². The number of phenols is 1. The molecule has 3 aliphatic heterocycles. The van der Waals surface area contributed by atoms with E-state index < -0.39 is 72.1 Å². The van der Waals surface area contributed by atoms with E-state index in [4.69, 9.17) is 15.2 Å². The molecule has 3 heterocycles. The van der Waals surface area contributed by atoms with Gasteiger partial charge in [0.2, 0.25) is 35.4 Å². The summed E-state index contributed by atoms with van der Waals surface area (Å²) in [6, 6.07) is 26.3. The zero-order valence-corrected chi connectivity index (χ0v) is 44.6. The Balaban J connectivity index is 0.915. The van der Waals surface area contributed by atoms with Gasteiger partial charge in [0.1, 0.15) is 29.9 Å². The summed E-state index contributed by atoms with van der Waals surface area (Å²) >= 11 is 2.00. The Morgan fingerprint density at radius 2 is 1.26 bits per heavy atom. The second-order valence-electron chi connectivity index (χ2n) is 19.8. The van der Waals surface area contributed by atoms with Crippen molar-refractivity contribution < 1.29 is 53.2 Å². The van der Waals surface area contributed by atoms with Gasteiger partial charge >= 0.3 is 5.97 Å². The highest BCUT2D eigenvalue weighted by molar-refractivity contribution is 8.00. The molecule has 2 fully saturated rings. The van der Waals surface area contributed by atoms with Crippen LogP contribution < -0.4 is 43.0 Å². The van der Waals surface area contributed by atoms with Gasteiger partial charge in [-0.3, -0.25) is 44.2 Å². The monoisotopic (exact) mass is 1090 g/mol.